The molecule has 3 N–H and O–H groups in total. The van der Waals surface area contributed by atoms with E-state index in [2.05, 4.69) is 25.7 Å². The van der Waals surface area contributed by atoms with Gasteiger partial charge in [-0.2, -0.15) is 0 Å². The number of anilines is 1. The Morgan fingerprint density at radius 2 is 2.35 bits per heavy atom. The Hall–Kier alpha value is -1.80. The van der Waals surface area contributed by atoms with Gasteiger partial charge in [-0.1, -0.05) is 5.21 Å². The number of hydrogen-bond donors (Lipinski definition) is 2. The van der Waals surface area contributed by atoms with Crippen molar-refractivity contribution in [2.45, 2.75) is 19.9 Å². The van der Waals surface area contributed by atoms with Crippen LogP contribution in [-0.2, 0) is 11.3 Å². The minimum Gasteiger partial charge on any atom is -0.382 e. The van der Waals surface area contributed by atoms with Crippen molar-refractivity contribution in [3.8, 4) is 0 Å². The van der Waals surface area contributed by atoms with Crippen LogP contribution in [0.1, 0.15) is 13.3 Å². The molecular weight excluding hydrogens is 222 g/mol. The number of fused-ring (bicyclic) bond motifs is 1. The lowest BCUT2D eigenvalue weighted by molar-refractivity contribution is 0.141. The molecule has 2 aromatic heterocycles. The molecule has 0 amide bonds. The van der Waals surface area contributed by atoms with Gasteiger partial charge >= 0.3 is 0 Å². The van der Waals surface area contributed by atoms with Gasteiger partial charge in [0, 0.05) is 19.8 Å². The lowest BCUT2D eigenvalue weighted by Crippen LogP contribution is -2.09. The largest absolute Gasteiger partial charge is 0.382 e. The summed E-state index contributed by atoms with van der Waals surface area (Å²) in [6.07, 6.45) is 2.29. The number of hydrogen-bond acceptors (Lipinski definition) is 7. The third kappa shape index (κ3) is 2.48. The lowest BCUT2D eigenvalue weighted by atomic mass is 10.4. The summed E-state index contributed by atoms with van der Waals surface area (Å²) in [5.74, 6) is 5.81. The molecule has 0 bridgehead atoms. The van der Waals surface area contributed by atoms with Crippen molar-refractivity contribution >= 4 is 17.0 Å². The Balaban J connectivity index is 2.13. The number of nitrogens with zero attached hydrogens (tertiary/aromatic N) is 5. The molecule has 0 spiro atoms. The molecule has 0 fully saturated rings. The van der Waals surface area contributed by atoms with Crippen LogP contribution in [-0.4, -0.2) is 38.2 Å². The fourth-order valence-electron chi connectivity index (χ4n) is 1.51. The first-order valence-corrected chi connectivity index (χ1v) is 5.45. The number of hydrazine groups is 1. The highest BCUT2D eigenvalue weighted by Crippen LogP contribution is 2.14. The Labute approximate surface area is 98.1 Å². The Morgan fingerprint density at radius 1 is 1.47 bits per heavy atom. The second-order valence-electron chi connectivity index (χ2n) is 3.40. The van der Waals surface area contributed by atoms with E-state index in [-0.39, 0.29) is 0 Å². The fourth-order valence-corrected chi connectivity index (χ4v) is 1.51. The maximum absolute atomic E-state index is 5.33. The van der Waals surface area contributed by atoms with Gasteiger partial charge in [0.25, 0.3) is 0 Å². The van der Waals surface area contributed by atoms with Crippen molar-refractivity contribution < 1.29 is 4.74 Å². The average Bonchev–Trinajstić information content (AvgIpc) is 2.78. The van der Waals surface area contributed by atoms with E-state index in [0.717, 1.165) is 13.0 Å². The number of nitrogens with one attached hydrogen (secondary N) is 1. The van der Waals surface area contributed by atoms with E-state index >= 15 is 0 Å². The molecule has 2 heterocycles. The van der Waals surface area contributed by atoms with Gasteiger partial charge in [-0.3, -0.25) is 0 Å². The van der Waals surface area contributed by atoms with E-state index < -0.39 is 0 Å². The Kier molecular flexibility index (Phi) is 3.78. The highest BCUT2D eigenvalue weighted by molar-refractivity contribution is 5.81. The normalized spacial score (nSPS) is 10.9. The molecule has 92 valence electrons. The summed E-state index contributed by atoms with van der Waals surface area (Å²) in [6.45, 7) is 4.10. The van der Waals surface area contributed by atoms with Crippen LogP contribution in [0.2, 0.25) is 0 Å². The fraction of sp³-hybridized carbons (Fsp3) is 0.556. The zero-order valence-corrected chi connectivity index (χ0v) is 9.63. The molecular formula is C9H15N7O. The predicted octanol–water partition coefficient (Wildman–Crippen LogP) is -0.0665. The molecule has 17 heavy (non-hydrogen) atoms. The van der Waals surface area contributed by atoms with E-state index in [1.165, 1.54) is 6.33 Å². The number of ether oxygens (including phenoxy) is 1. The number of rotatable bonds is 6. The minimum absolute atomic E-state index is 0.478. The molecule has 0 aliphatic carbocycles. The molecule has 0 radical (unpaired) electrons. The van der Waals surface area contributed by atoms with Crippen molar-refractivity contribution in [3.63, 3.8) is 0 Å². The first-order chi connectivity index (χ1) is 8.36. The van der Waals surface area contributed by atoms with E-state index in [9.17, 15) is 0 Å². The monoisotopic (exact) mass is 237 g/mol. The van der Waals surface area contributed by atoms with Crippen LogP contribution in [0.25, 0.3) is 11.2 Å². The van der Waals surface area contributed by atoms with Crippen LogP contribution < -0.4 is 11.3 Å². The van der Waals surface area contributed by atoms with Crippen molar-refractivity contribution in [1.82, 2.24) is 25.0 Å². The van der Waals surface area contributed by atoms with Crippen LogP contribution >= 0.6 is 0 Å². The SMILES string of the molecule is CCOCCCn1nnc2c(NN)ncnc21. The molecule has 8 heteroatoms. The van der Waals surface area contributed by atoms with Crippen LogP contribution in [0.4, 0.5) is 5.82 Å². The molecule has 0 aliphatic heterocycles. The van der Waals surface area contributed by atoms with Gasteiger partial charge < -0.3 is 10.2 Å². The molecule has 0 aromatic carbocycles. The van der Waals surface area contributed by atoms with Crippen molar-refractivity contribution in [1.29, 1.82) is 0 Å². The van der Waals surface area contributed by atoms with Crippen molar-refractivity contribution in [2.24, 2.45) is 5.84 Å². The first kappa shape index (κ1) is 11.7. The molecule has 0 atom stereocenters. The number of nitrogens with two attached hydrogens (primary N) is 1. The standard InChI is InChI=1S/C9H15N7O/c1-2-17-5-3-4-16-9-7(14-15-16)8(13-10)11-6-12-9/h6H,2-5,10H2,1H3,(H,11,12,13). The first-order valence-electron chi connectivity index (χ1n) is 5.45. The van der Waals surface area contributed by atoms with Gasteiger partial charge in [0.2, 0.25) is 0 Å². The third-order valence-electron chi connectivity index (χ3n) is 2.30. The summed E-state index contributed by atoms with van der Waals surface area (Å²) in [7, 11) is 0. The molecule has 2 aromatic rings. The van der Waals surface area contributed by atoms with E-state index in [4.69, 9.17) is 10.6 Å². The van der Waals surface area contributed by atoms with Crippen molar-refractivity contribution in [2.75, 3.05) is 18.6 Å². The van der Waals surface area contributed by atoms with Crippen LogP contribution in [0, 0.1) is 0 Å². The summed E-state index contributed by atoms with van der Waals surface area (Å²) in [5.41, 5.74) is 3.71. The second kappa shape index (κ2) is 5.51. The van der Waals surface area contributed by atoms with Gasteiger partial charge in [-0.25, -0.2) is 20.5 Å². The highest BCUT2D eigenvalue weighted by Gasteiger charge is 2.10. The Morgan fingerprint density at radius 3 is 3.12 bits per heavy atom. The van der Waals surface area contributed by atoms with Gasteiger partial charge in [-0.05, 0) is 13.3 Å². The molecule has 8 nitrogen and oxygen atoms in total. The van der Waals surface area contributed by atoms with Gasteiger partial charge in [0.15, 0.2) is 17.0 Å². The zero-order valence-electron chi connectivity index (χ0n) is 9.63. The third-order valence-corrected chi connectivity index (χ3v) is 2.30. The predicted molar refractivity (Wildman–Crippen MR) is 62.0 cm³/mol. The average molecular weight is 237 g/mol. The molecule has 2 rings (SSSR count). The van der Waals surface area contributed by atoms with Crippen LogP contribution in [0.5, 0.6) is 0 Å². The summed E-state index contributed by atoms with van der Waals surface area (Å²) in [6, 6.07) is 0. The smallest absolute Gasteiger partial charge is 0.183 e. The van der Waals surface area contributed by atoms with Crippen molar-refractivity contribution in [3.05, 3.63) is 6.33 Å². The number of aromatic nitrogens is 5. The van der Waals surface area contributed by atoms with Crippen LogP contribution in [0.15, 0.2) is 6.33 Å². The number of nitrogen functional groups attached to an aromatic ring is 1. The minimum atomic E-state index is 0.478. The Bertz CT molecular complexity index is 483. The number of aryl methyl sites for hydroxylation is 1. The summed E-state index contributed by atoms with van der Waals surface area (Å²) < 4.78 is 6.98. The highest BCUT2D eigenvalue weighted by atomic mass is 16.5. The quantitative estimate of drug-likeness (QED) is 0.412. The summed E-state index contributed by atoms with van der Waals surface area (Å²) in [5, 5.41) is 8.01. The summed E-state index contributed by atoms with van der Waals surface area (Å²) >= 11 is 0. The molecule has 0 saturated carbocycles. The molecule has 0 saturated heterocycles. The van der Waals surface area contributed by atoms with Gasteiger partial charge in [0.1, 0.15) is 6.33 Å². The van der Waals surface area contributed by atoms with E-state index in [0.29, 0.717) is 30.1 Å². The second-order valence-corrected chi connectivity index (χ2v) is 3.40. The maximum Gasteiger partial charge on any atom is 0.183 e. The summed E-state index contributed by atoms with van der Waals surface area (Å²) in [4.78, 5) is 8.10. The molecule has 0 unspecified atom stereocenters. The topological polar surface area (TPSA) is 104 Å². The van der Waals surface area contributed by atoms with E-state index in [1.807, 2.05) is 6.92 Å². The molecule has 0 aliphatic rings. The van der Waals surface area contributed by atoms with Crippen LogP contribution in [0.3, 0.4) is 0 Å². The zero-order chi connectivity index (χ0) is 12.1. The maximum atomic E-state index is 5.33. The van der Waals surface area contributed by atoms with Gasteiger partial charge in [-0.15, -0.1) is 5.10 Å². The van der Waals surface area contributed by atoms with E-state index in [1.54, 1.807) is 4.68 Å². The lowest BCUT2D eigenvalue weighted by Gasteiger charge is -2.02. The van der Waals surface area contributed by atoms with Gasteiger partial charge in [0.05, 0.1) is 0 Å².